The molecule has 2 amide bonds. The molecule has 2 aliphatic rings. The topological polar surface area (TPSA) is 61.7 Å². The van der Waals surface area contributed by atoms with Crippen molar-refractivity contribution in [3.8, 4) is 5.82 Å². The van der Waals surface area contributed by atoms with Crippen LogP contribution in [0.15, 0.2) is 36.7 Å². The maximum absolute atomic E-state index is 12.8. The average molecular weight is 396 g/mol. The highest BCUT2D eigenvalue weighted by Crippen LogP contribution is 2.47. The highest BCUT2D eigenvalue weighted by molar-refractivity contribution is 5.84. The molecule has 0 aliphatic carbocycles. The zero-order valence-electron chi connectivity index (χ0n) is 17.6. The molecule has 1 spiro atoms. The molecule has 4 rings (SSSR count). The molecule has 1 saturated heterocycles. The van der Waals surface area contributed by atoms with Gasteiger partial charge in [-0.3, -0.25) is 9.59 Å². The minimum absolute atomic E-state index is 0.0335. The summed E-state index contributed by atoms with van der Waals surface area (Å²) in [6.45, 7) is 5.67. The van der Waals surface area contributed by atoms with Gasteiger partial charge in [0, 0.05) is 46.0 Å². The van der Waals surface area contributed by atoms with Gasteiger partial charge in [-0.15, -0.1) is 0 Å². The van der Waals surface area contributed by atoms with Gasteiger partial charge >= 0.3 is 0 Å². The van der Waals surface area contributed by atoms with Crippen molar-refractivity contribution in [1.82, 2.24) is 19.4 Å². The first-order valence-corrected chi connectivity index (χ1v) is 10.2. The zero-order chi connectivity index (χ0) is 20.8. The van der Waals surface area contributed by atoms with Gasteiger partial charge in [0.05, 0.1) is 17.9 Å². The van der Waals surface area contributed by atoms with Crippen LogP contribution >= 0.6 is 0 Å². The van der Waals surface area contributed by atoms with Crippen LogP contribution in [-0.4, -0.2) is 64.9 Å². The standard InChI is InChI=1S/C22H29N5O2/c1-16(2)13-19(28)25-12-9-22(15-25)18-8-6-11-26(18)21-17(7-5-10-23-21)27(22)14-20(29)24(3)4/h5-8,10-11,16H,9,12-15H2,1-4H3. The predicted octanol–water partition coefficient (Wildman–Crippen LogP) is 2.25. The van der Waals surface area contributed by atoms with Crippen molar-refractivity contribution in [2.24, 2.45) is 5.92 Å². The van der Waals surface area contributed by atoms with Gasteiger partial charge in [-0.2, -0.15) is 0 Å². The third-order valence-corrected chi connectivity index (χ3v) is 6.00. The molecular weight excluding hydrogens is 366 g/mol. The van der Waals surface area contributed by atoms with E-state index in [9.17, 15) is 9.59 Å². The Bertz CT molecular complexity index is 935. The van der Waals surface area contributed by atoms with Crippen molar-refractivity contribution < 1.29 is 9.59 Å². The number of pyridine rings is 1. The summed E-state index contributed by atoms with van der Waals surface area (Å²) in [7, 11) is 3.55. The van der Waals surface area contributed by atoms with Gasteiger partial charge in [0.1, 0.15) is 5.54 Å². The third-order valence-electron chi connectivity index (χ3n) is 6.00. The van der Waals surface area contributed by atoms with Crippen LogP contribution in [-0.2, 0) is 15.1 Å². The lowest BCUT2D eigenvalue weighted by Gasteiger charge is -2.47. The van der Waals surface area contributed by atoms with E-state index in [1.165, 1.54) is 0 Å². The summed E-state index contributed by atoms with van der Waals surface area (Å²) in [6.07, 6.45) is 5.13. The molecule has 2 aromatic rings. The van der Waals surface area contributed by atoms with Gasteiger partial charge in [0.2, 0.25) is 11.8 Å². The number of carbonyl (C=O) groups is 2. The van der Waals surface area contributed by atoms with Crippen molar-refractivity contribution >= 4 is 17.5 Å². The Hall–Kier alpha value is -2.83. The van der Waals surface area contributed by atoms with E-state index in [-0.39, 0.29) is 18.4 Å². The van der Waals surface area contributed by atoms with E-state index in [0.29, 0.717) is 25.4 Å². The van der Waals surface area contributed by atoms with Gasteiger partial charge < -0.3 is 19.3 Å². The van der Waals surface area contributed by atoms with Crippen molar-refractivity contribution in [3.05, 3.63) is 42.4 Å². The van der Waals surface area contributed by atoms with Crippen molar-refractivity contribution in [3.63, 3.8) is 0 Å². The number of hydrogen-bond acceptors (Lipinski definition) is 4. The fraction of sp³-hybridized carbons (Fsp3) is 0.500. The Labute approximate surface area is 171 Å². The number of nitrogens with zero attached hydrogens (tertiary/aromatic N) is 5. The van der Waals surface area contributed by atoms with Gasteiger partial charge in [-0.1, -0.05) is 13.8 Å². The number of likely N-dealkylation sites (N-methyl/N-ethyl adjacent to an activating group) is 1. The summed E-state index contributed by atoms with van der Waals surface area (Å²) in [5, 5.41) is 0. The SMILES string of the molecule is CC(C)CC(=O)N1CCC2(C1)c1cccn1-c1ncccc1N2CC(=O)N(C)C. The molecule has 7 heteroatoms. The largest absolute Gasteiger partial charge is 0.347 e. The monoisotopic (exact) mass is 395 g/mol. The lowest BCUT2D eigenvalue weighted by molar-refractivity contribution is -0.131. The lowest BCUT2D eigenvalue weighted by atomic mass is 9.88. The molecule has 2 aromatic heterocycles. The number of hydrogen-bond donors (Lipinski definition) is 0. The average Bonchev–Trinajstić information content (AvgIpc) is 3.33. The molecule has 154 valence electrons. The van der Waals surface area contributed by atoms with Crippen LogP contribution in [0.25, 0.3) is 5.82 Å². The van der Waals surface area contributed by atoms with E-state index in [2.05, 4.69) is 34.4 Å². The van der Waals surface area contributed by atoms with Gasteiger partial charge in [0.15, 0.2) is 5.82 Å². The Balaban J connectivity index is 1.79. The van der Waals surface area contributed by atoms with Crippen LogP contribution in [0.3, 0.4) is 0 Å². The first kappa shape index (κ1) is 19.5. The van der Waals surface area contributed by atoms with E-state index in [0.717, 1.165) is 23.6 Å². The fourth-order valence-corrected chi connectivity index (χ4v) is 4.53. The minimum Gasteiger partial charge on any atom is -0.347 e. The summed E-state index contributed by atoms with van der Waals surface area (Å²) in [5.74, 6) is 1.37. The highest BCUT2D eigenvalue weighted by atomic mass is 16.2. The van der Waals surface area contributed by atoms with Crippen molar-refractivity contribution in [2.75, 3.05) is 38.6 Å². The number of amides is 2. The summed E-state index contributed by atoms with van der Waals surface area (Å²) >= 11 is 0. The van der Waals surface area contributed by atoms with E-state index in [4.69, 9.17) is 0 Å². The molecule has 2 aliphatic heterocycles. The number of fused-ring (bicyclic) bond motifs is 4. The van der Waals surface area contributed by atoms with Crippen LogP contribution < -0.4 is 4.90 Å². The van der Waals surface area contributed by atoms with E-state index in [1.807, 2.05) is 29.3 Å². The van der Waals surface area contributed by atoms with Crippen LogP contribution in [0.4, 0.5) is 5.69 Å². The van der Waals surface area contributed by atoms with Crippen molar-refractivity contribution in [1.29, 1.82) is 0 Å². The Morgan fingerprint density at radius 1 is 1.24 bits per heavy atom. The molecule has 1 unspecified atom stereocenters. The summed E-state index contributed by atoms with van der Waals surface area (Å²) in [6, 6.07) is 8.05. The quantitative estimate of drug-likeness (QED) is 0.797. The molecule has 7 nitrogen and oxygen atoms in total. The molecule has 1 atom stereocenters. The second kappa shape index (κ2) is 7.21. The maximum Gasteiger partial charge on any atom is 0.241 e. The molecule has 29 heavy (non-hydrogen) atoms. The molecule has 0 radical (unpaired) electrons. The second-order valence-corrected chi connectivity index (χ2v) is 8.68. The molecule has 0 saturated carbocycles. The Morgan fingerprint density at radius 3 is 2.76 bits per heavy atom. The van der Waals surface area contributed by atoms with Crippen LogP contribution in [0, 0.1) is 5.92 Å². The second-order valence-electron chi connectivity index (χ2n) is 8.68. The summed E-state index contributed by atoms with van der Waals surface area (Å²) in [5.41, 5.74) is 1.59. The molecule has 4 heterocycles. The number of anilines is 1. The number of carbonyl (C=O) groups excluding carboxylic acids is 2. The first-order valence-electron chi connectivity index (χ1n) is 10.2. The van der Waals surface area contributed by atoms with E-state index >= 15 is 0 Å². The summed E-state index contributed by atoms with van der Waals surface area (Å²) in [4.78, 5) is 35.9. The molecule has 0 bridgehead atoms. The maximum atomic E-state index is 12.8. The van der Waals surface area contributed by atoms with Crippen LogP contribution in [0.1, 0.15) is 32.4 Å². The van der Waals surface area contributed by atoms with Crippen LogP contribution in [0.5, 0.6) is 0 Å². The lowest BCUT2D eigenvalue weighted by Crippen LogP contribution is -2.55. The number of likely N-dealkylation sites (tertiary alicyclic amines) is 1. The molecule has 1 fully saturated rings. The fourth-order valence-electron chi connectivity index (χ4n) is 4.53. The number of aromatic nitrogens is 2. The normalized spacial score (nSPS) is 20.2. The van der Waals surface area contributed by atoms with Crippen LogP contribution in [0.2, 0.25) is 0 Å². The van der Waals surface area contributed by atoms with E-state index in [1.54, 1.807) is 25.2 Å². The summed E-state index contributed by atoms with van der Waals surface area (Å²) < 4.78 is 2.11. The van der Waals surface area contributed by atoms with Crippen molar-refractivity contribution in [2.45, 2.75) is 32.2 Å². The highest BCUT2D eigenvalue weighted by Gasteiger charge is 2.51. The third kappa shape index (κ3) is 3.18. The molecular formula is C22H29N5O2. The number of rotatable bonds is 4. The molecule has 0 aromatic carbocycles. The Morgan fingerprint density at radius 2 is 2.03 bits per heavy atom. The smallest absolute Gasteiger partial charge is 0.241 e. The minimum atomic E-state index is -0.433. The van der Waals surface area contributed by atoms with Gasteiger partial charge in [-0.25, -0.2) is 4.98 Å². The van der Waals surface area contributed by atoms with Gasteiger partial charge in [0.25, 0.3) is 0 Å². The first-order chi connectivity index (χ1) is 13.8. The zero-order valence-corrected chi connectivity index (χ0v) is 17.6. The molecule has 0 N–H and O–H groups in total. The van der Waals surface area contributed by atoms with Gasteiger partial charge in [-0.05, 0) is 36.6 Å². The predicted molar refractivity (Wildman–Crippen MR) is 112 cm³/mol. The Kier molecular flexibility index (Phi) is 4.84. The van der Waals surface area contributed by atoms with E-state index < -0.39 is 5.54 Å².